The Labute approximate surface area is 126 Å². The Morgan fingerprint density at radius 2 is 2.10 bits per heavy atom. The van der Waals surface area contributed by atoms with Gasteiger partial charge in [-0.1, -0.05) is 6.92 Å². The minimum atomic E-state index is -1.07. The van der Waals surface area contributed by atoms with Gasteiger partial charge in [0.15, 0.2) is 0 Å². The maximum absolute atomic E-state index is 12.2. The third-order valence-corrected chi connectivity index (χ3v) is 3.98. The van der Waals surface area contributed by atoms with Gasteiger partial charge < -0.3 is 15.2 Å². The van der Waals surface area contributed by atoms with Gasteiger partial charge in [0.1, 0.15) is 11.3 Å². The molecule has 0 aliphatic rings. The van der Waals surface area contributed by atoms with Gasteiger partial charge in [0.05, 0.1) is 12.0 Å². The molecule has 0 fully saturated rings. The topological polar surface area (TPSA) is 75.6 Å². The summed E-state index contributed by atoms with van der Waals surface area (Å²) in [6, 6.07) is 6.38. The second kappa shape index (κ2) is 6.41. The summed E-state index contributed by atoms with van der Waals surface area (Å²) in [5.41, 5.74) is 1.55. The summed E-state index contributed by atoms with van der Waals surface area (Å²) in [5, 5.41) is 13.7. The van der Waals surface area contributed by atoms with Gasteiger partial charge in [-0.25, -0.2) is 4.79 Å². The Morgan fingerprint density at radius 1 is 1.33 bits per heavy atom. The lowest BCUT2D eigenvalue weighted by Gasteiger charge is -2.09. The monoisotopic (exact) mass is 305 g/mol. The molecule has 2 rings (SSSR count). The number of amides is 1. The van der Waals surface area contributed by atoms with E-state index in [1.807, 2.05) is 18.4 Å². The van der Waals surface area contributed by atoms with Crippen LogP contribution in [0.15, 0.2) is 29.6 Å². The van der Waals surface area contributed by atoms with Crippen LogP contribution >= 0.6 is 11.3 Å². The zero-order chi connectivity index (χ0) is 15.4. The second-order valence-corrected chi connectivity index (χ2v) is 5.22. The molecule has 5 nitrogen and oxygen atoms in total. The predicted molar refractivity (Wildman–Crippen MR) is 81.6 cm³/mol. The van der Waals surface area contributed by atoms with Crippen molar-refractivity contribution in [3.05, 3.63) is 45.6 Å². The highest BCUT2D eigenvalue weighted by Crippen LogP contribution is 2.25. The van der Waals surface area contributed by atoms with E-state index in [9.17, 15) is 9.59 Å². The molecule has 1 amide bonds. The number of hydrogen-bond acceptors (Lipinski definition) is 4. The predicted octanol–water partition coefficient (Wildman–Crippen LogP) is 3.27. The quantitative estimate of drug-likeness (QED) is 0.889. The molecule has 0 bridgehead atoms. The van der Waals surface area contributed by atoms with Crippen molar-refractivity contribution in [2.45, 2.75) is 13.3 Å². The first-order valence-corrected chi connectivity index (χ1v) is 7.23. The zero-order valence-electron chi connectivity index (χ0n) is 11.7. The molecule has 0 atom stereocenters. The Morgan fingerprint density at radius 3 is 2.71 bits per heavy atom. The highest BCUT2D eigenvalue weighted by Gasteiger charge is 2.15. The van der Waals surface area contributed by atoms with E-state index in [4.69, 9.17) is 9.84 Å². The van der Waals surface area contributed by atoms with Crippen LogP contribution in [-0.2, 0) is 6.42 Å². The summed E-state index contributed by atoms with van der Waals surface area (Å²) in [4.78, 5) is 23.9. The molecule has 0 aliphatic carbocycles. The number of hydrogen-bond donors (Lipinski definition) is 2. The van der Waals surface area contributed by atoms with Gasteiger partial charge in [-0.3, -0.25) is 4.79 Å². The second-order valence-electron chi connectivity index (χ2n) is 4.30. The number of carboxylic acid groups (broad SMARTS) is 1. The van der Waals surface area contributed by atoms with Crippen molar-refractivity contribution in [3.63, 3.8) is 0 Å². The molecule has 2 aromatic rings. The highest BCUT2D eigenvalue weighted by atomic mass is 32.1. The minimum Gasteiger partial charge on any atom is -0.496 e. The van der Waals surface area contributed by atoms with Crippen LogP contribution in [0.3, 0.4) is 0 Å². The van der Waals surface area contributed by atoms with Crippen LogP contribution < -0.4 is 10.1 Å². The molecular formula is C15H15NO4S. The molecular weight excluding hydrogens is 290 g/mol. The highest BCUT2D eigenvalue weighted by molar-refractivity contribution is 7.12. The largest absolute Gasteiger partial charge is 0.496 e. The molecule has 0 spiro atoms. The third-order valence-electron chi connectivity index (χ3n) is 3.02. The maximum Gasteiger partial charge on any atom is 0.339 e. The van der Waals surface area contributed by atoms with Gasteiger partial charge in [0.2, 0.25) is 0 Å². The minimum absolute atomic E-state index is 0.0564. The van der Waals surface area contributed by atoms with Gasteiger partial charge >= 0.3 is 5.97 Å². The number of aryl methyl sites for hydroxylation is 1. The number of benzene rings is 1. The number of carbonyl (C=O) groups excluding carboxylic acids is 1. The number of methoxy groups -OCH3 is 1. The number of ether oxygens (including phenoxy) is 1. The first-order chi connectivity index (χ1) is 10.1. The van der Waals surface area contributed by atoms with Crippen LogP contribution in [-0.4, -0.2) is 24.1 Å². The van der Waals surface area contributed by atoms with Crippen molar-refractivity contribution in [1.29, 1.82) is 0 Å². The van der Waals surface area contributed by atoms with E-state index in [1.165, 1.54) is 30.6 Å². The molecule has 1 heterocycles. The number of aromatic carboxylic acids is 1. The molecule has 6 heteroatoms. The number of carbonyl (C=O) groups is 2. The summed E-state index contributed by atoms with van der Waals surface area (Å²) in [6.45, 7) is 1.99. The van der Waals surface area contributed by atoms with Gasteiger partial charge in [-0.05, 0) is 35.6 Å². The van der Waals surface area contributed by atoms with Gasteiger partial charge in [-0.15, -0.1) is 11.3 Å². The summed E-state index contributed by atoms with van der Waals surface area (Å²) in [6.07, 6.45) is 0.785. The third kappa shape index (κ3) is 3.22. The fraction of sp³-hybridized carbons (Fsp3) is 0.200. The Kier molecular flexibility index (Phi) is 4.59. The van der Waals surface area contributed by atoms with E-state index in [0.717, 1.165) is 12.0 Å². The number of nitrogens with one attached hydrogen (secondary N) is 1. The summed E-state index contributed by atoms with van der Waals surface area (Å²) in [7, 11) is 1.39. The molecule has 1 aromatic carbocycles. The van der Waals surface area contributed by atoms with Crippen molar-refractivity contribution in [3.8, 4) is 5.75 Å². The lowest BCUT2D eigenvalue weighted by molar-refractivity contribution is 0.0693. The molecule has 0 radical (unpaired) electrons. The van der Waals surface area contributed by atoms with Crippen molar-refractivity contribution in [1.82, 2.24) is 0 Å². The van der Waals surface area contributed by atoms with Crippen molar-refractivity contribution >= 4 is 28.9 Å². The molecule has 0 saturated heterocycles. The molecule has 21 heavy (non-hydrogen) atoms. The van der Waals surface area contributed by atoms with Crippen LogP contribution in [0.1, 0.15) is 32.5 Å². The van der Waals surface area contributed by atoms with Crippen LogP contribution in [0.25, 0.3) is 0 Å². The van der Waals surface area contributed by atoms with E-state index < -0.39 is 5.97 Å². The van der Waals surface area contributed by atoms with E-state index in [-0.39, 0.29) is 17.2 Å². The molecule has 2 N–H and O–H groups in total. The Hall–Kier alpha value is -2.34. The summed E-state index contributed by atoms with van der Waals surface area (Å²) >= 11 is 1.38. The SMILES string of the molecule is CCc1ccsc1C(=O)Nc1ccc(C(=O)O)c(OC)c1. The summed E-state index contributed by atoms with van der Waals surface area (Å²) < 4.78 is 5.03. The lowest BCUT2D eigenvalue weighted by Crippen LogP contribution is -2.12. The smallest absolute Gasteiger partial charge is 0.339 e. The van der Waals surface area contributed by atoms with Crippen molar-refractivity contribution in [2.24, 2.45) is 0 Å². The molecule has 110 valence electrons. The first-order valence-electron chi connectivity index (χ1n) is 6.35. The number of thiophene rings is 1. The van der Waals surface area contributed by atoms with Crippen LogP contribution in [0.5, 0.6) is 5.75 Å². The molecule has 0 saturated carbocycles. The number of anilines is 1. The van der Waals surface area contributed by atoms with E-state index in [2.05, 4.69) is 5.32 Å². The fourth-order valence-electron chi connectivity index (χ4n) is 1.95. The maximum atomic E-state index is 12.2. The Balaban J connectivity index is 2.24. The molecule has 0 aliphatic heterocycles. The standard InChI is InChI=1S/C15H15NO4S/c1-3-9-6-7-21-13(9)14(17)16-10-4-5-11(15(18)19)12(8-10)20-2/h4-8H,3H2,1-2H3,(H,16,17)(H,18,19). The van der Waals surface area contributed by atoms with Crippen molar-refractivity contribution < 1.29 is 19.4 Å². The van der Waals surface area contributed by atoms with Gasteiger partial charge in [-0.2, -0.15) is 0 Å². The van der Waals surface area contributed by atoms with E-state index in [1.54, 1.807) is 6.07 Å². The zero-order valence-corrected chi connectivity index (χ0v) is 12.5. The normalized spacial score (nSPS) is 10.2. The first kappa shape index (κ1) is 15.1. The van der Waals surface area contributed by atoms with E-state index >= 15 is 0 Å². The molecule has 1 aromatic heterocycles. The van der Waals surface area contributed by atoms with Gasteiger partial charge in [0, 0.05) is 11.8 Å². The van der Waals surface area contributed by atoms with Crippen LogP contribution in [0.4, 0.5) is 5.69 Å². The van der Waals surface area contributed by atoms with Gasteiger partial charge in [0.25, 0.3) is 5.91 Å². The fourth-order valence-corrected chi connectivity index (χ4v) is 2.84. The van der Waals surface area contributed by atoms with Crippen LogP contribution in [0.2, 0.25) is 0 Å². The van der Waals surface area contributed by atoms with E-state index in [0.29, 0.717) is 10.6 Å². The van der Waals surface area contributed by atoms with Crippen LogP contribution in [0, 0.1) is 0 Å². The average molecular weight is 305 g/mol. The number of rotatable bonds is 5. The van der Waals surface area contributed by atoms with Crippen molar-refractivity contribution in [2.75, 3.05) is 12.4 Å². The Bertz CT molecular complexity index is 678. The molecule has 0 unspecified atom stereocenters. The average Bonchev–Trinajstić information content (AvgIpc) is 2.95. The lowest BCUT2D eigenvalue weighted by atomic mass is 10.1. The number of carboxylic acids is 1. The summed E-state index contributed by atoms with van der Waals surface area (Å²) in [5.74, 6) is -1.06.